The van der Waals surface area contributed by atoms with Crippen molar-refractivity contribution in [1.82, 2.24) is 5.32 Å². The van der Waals surface area contributed by atoms with Gasteiger partial charge in [0.25, 0.3) is 0 Å². The molecule has 4 N–H and O–H groups in total. The van der Waals surface area contributed by atoms with Crippen molar-refractivity contribution in [2.24, 2.45) is 23.0 Å². The SMILES string of the molecule is NCC1(C(=O)NCC2CCC(C(=O)O)CC2)CCCC1. The predicted octanol–water partition coefficient (Wildman–Crippen LogP) is 1.51. The summed E-state index contributed by atoms with van der Waals surface area (Å²) in [4.78, 5) is 23.2. The Morgan fingerprint density at radius 1 is 1.15 bits per heavy atom. The normalized spacial score (nSPS) is 29.1. The number of carbonyl (C=O) groups excluding carboxylic acids is 1. The fraction of sp³-hybridized carbons (Fsp3) is 0.867. The van der Waals surface area contributed by atoms with Crippen molar-refractivity contribution in [2.75, 3.05) is 13.1 Å². The molecule has 2 aliphatic carbocycles. The number of carbonyl (C=O) groups is 2. The van der Waals surface area contributed by atoms with Crippen molar-refractivity contribution in [3.63, 3.8) is 0 Å². The second-order valence-corrected chi connectivity index (χ2v) is 6.46. The first-order chi connectivity index (χ1) is 9.57. The van der Waals surface area contributed by atoms with Gasteiger partial charge in [-0.15, -0.1) is 0 Å². The topological polar surface area (TPSA) is 92.4 Å². The summed E-state index contributed by atoms with van der Waals surface area (Å²) in [5.41, 5.74) is 5.47. The monoisotopic (exact) mass is 282 g/mol. The van der Waals surface area contributed by atoms with E-state index in [1.165, 1.54) is 0 Å². The molecule has 0 radical (unpaired) electrons. The lowest BCUT2D eigenvalue weighted by molar-refractivity contribution is -0.143. The molecular formula is C15H26N2O3. The van der Waals surface area contributed by atoms with E-state index in [9.17, 15) is 9.59 Å². The molecule has 0 bridgehead atoms. The smallest absolute Gasteiger partial charge is 0.306 e. The molecule has 0 aromatic carbocycles. The van der Waals surface area contributed by atoms with Gasteiger partial charge in [-0.3, -0.25) is 9.59 Å². The molecule has 5 heteroatoms. The Morgan fingerprint density at radius 2 is 1.75 bits per heavy atom. The number of nitrogens with one attached hydrogen (secondary N) is 1. The van der Waals surface area contributed by atoms with Crippen LogP contribution in [0.2, 0.25) is 0 Å². The van der Waals surface area contributed by atoms with Gasteiger partial charge in [-0.25, -0.2) is 0 Å². The van der Waals surface area contributed by atoms with E-state index in [1.807, 2.05) is 0 Å². The molecule has 20 heavy (non-hydrogen) atoms. The first-order valence-electron chi connectivity index (χ1n) is 7.78. The van der Waals surface area contributed by atoms with Crippen molar-refractivity contribution in [3.8, 4) is 0 Å². The molecule has 2 rings (SSSR count). The minimum Gasteiger partial charge on any atom is -0.481 e. The van der Waals surface area contributed by atoms with Gasteiger partial charge in [0.15, 0.2) is 0 Å². The summed E-state index contributed by atoms with van der Waals surface area (Å²) in [5.74, 6) is -0.337. The quantitative estimate of drug-likeness (QED) is 0.712. The number of hydrogen-bond donors (Lipinski definition) is 3. The summed E-state index contributed by atoms with van der Waals surface area (Å²) in [6, 6.07) is 0. The van der Waals surface area contributed by atoms with Crippen LogP contribution in [0.3, 0.4) is 0 Å². The van der Waals surface area contributed by atoms with E-state index in [1.54, 1.807) is 0 Å². The average molecular weight is 282 g/mol. The summed E-state index contributed by atoms with van der Waals surface area (Å²) in [5, 5.41) is 12.0. The lowest BCUT2D eigenvalue weighted by Crippen LogP contribution is -2.45. The molecule has 0 heterocycles. The van der Waals surface area contributed by atoms with Gasteiger partial charge in [-0.1, -0.05) is 12.8 Å². The molecule has 0 aliphatic heterocycles. The van der Waals surface area contributed by atoms with Crippen molar-refractivity contribution in [3.05, 3.63) is 0 Å². The Morgan fingerprint density at radius 3 is 2.25 bits per heavy atom. The largest absolute Gasteiger partial charge is 0.481 e. The van der Waals surface area contributed by atoms with Crippen molar-refractivity contribution < 1.29 is 14.7 Å². The summed E-state index contributed by atoms with van der Waals surface area (Å²) >= 11 is 0. The van der Waals surface area contributed by atoms with E-state index in [2.05, 4.69) is 5.32 Å². The van der Waals surface area contributed by atoms with Crippen LogP contribution in [-0.2, 0) is 9.59 Å². The maximum atomic E-state index is 12.3. The number of carboxylic acids is 1. The Balaban J connectivity index is 1.76. The van der Waals surface area contributed by atoms with Crippen LogP contribution in [0.15, 0.2) is 0 Å². The number of aliphatic carboxylic acids is 1. The van der Waals surface area contributed by atoms with E-state index >= 15 is 0 Å². The Hall–Kier alpha value is -1.10. The van der Waals surface area contributed by atoms with Gasteiger partial charge in [0.1, 0.15) is 0 Å². The number of hydrogen-bond acceptors (Lipinski definition) is 3. The zero-order valence-corrected chi connectivity index (χ0v) is 12.1. The highest BCUT2D eigenvalue weighted by Crippen LogP contribution is 2.37. The van der Waals surface area contributed by atoms with Crippen LogP contribution in [-0.4, -0.2) is 30.1 Å². The first kappa shape index (κ1) is 15.3. The molecule has 0 spiro atoms. The summed E-state index contributed by atoms with van der Waals surface area (Å²) in [6.07, 6.45) is 7.25. The van der Waals surface area contributed by atoms with Crippen LogP contribution < -0.4 is 11.1 Å². The average Bonchev–Trinajstić information content (AvgIpc) is 2.95. The van der Waals surface area contributed by atoms with E-state index in [4.69, 9.17) is 10.8 Å². The number of nitrogens with two attached hydrogens (primary N) is 1. The Labute approximate surface area is 120 Å². The maximum absolute atomic E-state index is 12.3. The second-order valence-electron chi connectivity index (χ2n) is 6.46. The van der Waals surface area contributed by atoms with Crippen molar-refractivity contribution >= 4 is 11.9 Å². The Bertz CT molecular complexity index is 356. The fourth-order valence-electron chi connectivity index (χ4n) is 3.61. The summed E-state index contributed by atoms with van der Waals surface area (Å²) < 4.78 is 0. The van der Waals surface area contributed by atoms with Gasteiger partial charge < -0.3 is 16.2 Å². The van der Waals surface area contributed by atoms with E-state index in [-0.39, 0.29) is 17.2 Å². The molecule has 2 aliphatic rings. The van der Waals surface area contributed by atoms with Gasteiger partial charge in [-0.05, 0) is 44.4 Å². The highest BCUT2D eigenvalue weighted by molar-refractivity contribution is 5.83. The van der Waals surface area contributed by atoms with E-state index in [0.717, 1.165) is 51.4 Å². The zero-order valence-electron chi connectivity index (χ0n) is 12.1. The summed E-state index contributed by atoms with van der Waals surface area (Å²) in [6.45, 7) is 1.11. The molecular weight excluding hydrogens is 256 g/mol. The molecule has 2 fully saturated rings. The highest BCUT2D eigenvalue weighted by atomic mass is 16.4. The number of amides is 1. The van der Waals surface area contributed by atoms with Gasteiger partial charge >= 0.3 is 5.97 Å². The standard InChI is InChI=1S/C15H26N2O3/c16-10-15(7-1-2-8-15)14(20)17-9-11-3-5-12(6-4-11)13(18)19/h11-12H,1-10,16H2,(H,17,20)(H,18,19). The van der Waals surface area contributed by atoms with Crippen LogP contribution in [0.25, 0.3) is 0 Å². The highest BCUT2D eigenvalue weighted by Gasteiger charge is 2.39. The molecule has 0 aromatic heterocycles. The fourth-order valence-corrected chi connectivity index (χ4v) is 3.61. The predicted molar refractivity (Wildman–Crippen MR) is 76.0 cm³/mol. The molecule has 2 saturated carbocycles. The number of rotatable bonds is 5. The van der Waals surface area contributed by atoms with Crippen LogP contribution in [0.5, 0.6) is 0 Å². The third-order valence-electron chi connectivity index (χ3n) is 5.18. The minimum atomic E-state index is -0.680. The molecule has 0 saturated heterocycles. The van der Waals surface area contributed by atoms with Gasteiger partial charge in [0.2, 0.25) is 5.91 Å². The molecule has 1 amide bonds. The second kappa shape index (κ2) is 6.57. The van der Waals surface area contributed by atoms with Gasteiger partial charge in [0.05, 0.1) is 11.3 Å². The van der Waals surface area contributed by atoms with Crippen molar-refractivity contribution in [1.29, 1.82) is 0 Å². The zero-order chi connectivity index (χ0) is 14.6. The molecule has 0 unspecified atom stereocenters. The first-order valence-corrected chi connectivity index (χ1v) is 7.78. The van der Waals surface area contributed by atoms with Gasteiger partial charge in [0, 0.05) is 13.1 Å². The number of carboxylic acid groups (broad SMARTS) is 1. The molecule has 0 aromatic rings. The van der Waals surface area contributed by atoms with Crippen LogP contribution in [0.1, 0.15) is 51.4 Å². The third kappa shape index (κ3) is 3.32. The lowest BCUT2D eigenvalue weighted by Gasteiger charge is -2.29. The molecule has 5 nitrogen and oxygen atoms in total. The van der Waals surface area contributed by atoms with E-state index in [0.29, 0.717) is 19.0 Å². The molecule has 114 valence electrons. The van der Waals surface area contributed by atoms with Crippen molar-refractivity contribution in [2.45, 2.75) is 51.4 Å². The third-order valence-corrected chi connectivity index (χ3v) is 5.18. The van der Waals surface area contributed by atoms with Crippen LogP contribution in [0, 0.1) is 17.3 Å². The summed E-state index contributed by atoms with van der Waals surface area (Å²) in [7, 11) is 0. The molecule has 0 atom stereocenters. The van der Waals surface area contributed by atoms with Gasteiger partial charge in [-0.2, -0.15) is 0 Å². The van der Waals surface area contributed by atoms with E-state index < -0.39 is 5.97 Å². The van der Waals surface area contributed by atoms with Crippen LogP contribution >= 0.6 is 0 Å². The minimum absolute atomic E-state index is 0.109. The Kier molecular flexibility index (Phi) is 5.02. The maximum Gasteiger partial charge on any atom is 0.306 e. The van der Waals surface area contributed by atoms with Crippen LogP contribution in [0.4, 0.5) is 0 Å². The lowest BCUT2D eigenvalue weighted by atomic mass is 9.81.